The molecule has 3 heterocycles. The van der Waals surface area contributed by atoms with Crippen molar-refractivity contribution in [3.05, 3.63) is 104 Å². The third-order valence-corrected chi connectivity index (χ3v) is 5.93. The first-order valence-electron chi connectivity index (χ1n) is 9.61. The molecule has 0 saturated carbocycles. The quantitative estimate of drug-likeness (QED) is 0.446. The lowest BCUT2D eigenvalue weighted by Gasteiger charge is -2.24. The SMILES string of the molecule is Cc1cc2oc3c(c(=O)c2cc1C)C(c1ccc(Cl)cc1)N(Cc1ccco1)C3=O. The smallest absolute Gasteiger partial charge is 0.291 e. The van der Waals surface area contributed by atoms with Crippen LogP contribution in [0.15, 0.2) is 68.4 Å². The largest absolute Gasteiger partial charge is 0.467 e. The molecule has 1 aliphatic heterocycles. The van der Waals surface area contributed by atoms with Crippen molar-refractivity contribution in [3.63, 3.8) is 0 Å². The van der Waals surface area contributed by atoms with Gasteiger partial charge in [0.2, 0.25) is 5.76 Å². The van der Waals surface area contributed by atoms with Gasteiger partial charge in [0, 0.05) is 5.02 Å². The Hall–Kier alpha value is -3.31. The highest BCUT2D eigenvalue weighted by atomic mass is 35.5. The lowest BCUT2D eigenvalue weighted by molar-refractivity contribution is 0.0701. The number of carbonyl (C=O) groups is 1. The van der Waals surface area contributed by atoms with E-state index in [0.717, 1.165) is 16.7 Å². The number of aryl methyl sites for hydroxylation is 2. The van der Waals surface area contributed by atoms with Crippen LogP contribution in [0.1, 0.15) is 44.6 Å². The van der Waals surface area contributed by atoms with Gasteiger partial charge in [-0.3, -0.25) is 9.59 Å². The van der Waals surface area contributed by atoms with Crippen LogP contribution in [0.3, 0.4) is 0 Å². The van der Waals surface area contributed by atoms with Crippen molar-refractivity contribution in [3.8, 4) is 0 Å². The summed E-state index contributed by atoms with van der Waals surface area (Å²) in [6.45, 7) is 4.12. The third-order valence-electron chi connectivity index (χ3n) is 5.67. The van der Waals surface area contributed by atoms with E-state index in [2.05, 4.69) is 0 Å². The molecule has 1 atom stereocenters. The van der Waals surface area contributed by atoms with Crippen LogP contribution in [0.25, 0.3) is 11.0 Å². The standard InChI is InChI=1S/C24H18ClNO4/c1-13-10-18-19(11-14(13)2)30-23-20(22(18)27)21(15-5-7-16(25)8-6-15)26(24(23)28)12-17-4-3-9-29-17/h3-11,21H,12H2,1-2H3. The molecule has 0 spiro atoms. The Morgan fingerprint density at radius 1 is 1.03 bits per heavy atom. The van der Waals surface area contributed by atoms with Gasteiger partial charge in [-0.2, -0.15) is 0 Å². The van der Waals surface area contributed by atoms with E-state index < -0.39 is 6.04 Å². The molecule has 2 aromatic carbocycles. The maximum atomic E-state index is 13.5. The number of carbonyl (C=O) groups excluding carboxylic acids is 1. The predicted molar refractivity (Wildman–Crippen MR) is 114 cm³/mol. The number of furan rings is 1. The van der Waals surface area contributed by atoms with Gasteiger partial charge in [0.25, 0.3) is 5.91 Å². The molecule has 5 rings (SSSR count). The molecule has 0 bridgehead atoms. The van der Waals surface area contributed by atoms with E-state index in [1.165, 1.54) is 0 Å². The van der Waals surface area contributed by atoms with Gasteiger partial charge < -0.3 is 13.7 Å². The highest BCUT2D eigenvalue weighted by Gasteiger charge is 2.43. The molecule has 0 radical (unpaired) electrons. The van der Waals surface area contributed by atoms with Gasteiger partial charge in [0.15, 0.2) is 5.43 Å². The maximum absolute atomic E-state index is 13.5. The minimum absolute atomic E-state index is 0.0854. The topological polar surface area (TPSA) is 63.7 Å². The van der Waals surface area contributed by atoms with Gasteiger partial charge >= 0.3 is 0 Å². The molecule has 0 saturated heterocycles. The molecule has 150 valence electrons. The second-order valence-electron chi connectivity index (χ2n) is 7.57. The molecular formula is C24H18ClNO4. The Morgan fingerprint density at radius 2 is 1.77 bits per heavy atom. The number of hydrogen-bond donors (Lipinski definition) is 0. The lowest BCUT2D eigenvalue weighted by atomic mass is 9.97. The third kappa shape index (κ3) is 2.85. The Morgan fingerprint density at radius 3 is 2.47 bits per heavy atom. The van der Waals surface area contributed by atoms with E-state index in [0.29, 0.717) is 27.3 Å². The van der Waals surface area contributed by atoms with Crippen LogP contribution < -0.4 is 5.43 Å². The fourth-order valence-corrected chi connectivity index (χ4v) is 4.13. The van der Waals surface area contributed by atoms with Crippen LogP contribution in [0.4, 0.5) is 0 Å². The number of benzene rings is 2. The fraction of sp³-hybridized carbons (Fsp3) is 0.167. The van der Waals surface area contributed by atoms with Crippen LogP contribution in [0.2, 0.25) is 5.02 Å². The van der Waals surface area contributed by atoms with Crippen molar-refractivity contribution in [1.82, 2.24) is 4.90 Å². The van der Waals surface area contributed by atoms with Gasteiger partial charge in [-0.1, -0.05) is 23.7 Å². The monoisotopic (exact) mass is 419 g/mol. The van der Waals surface area contributed by atoms with Crippen molar-refractivity contribution in [1.29, 1.82) is 0 Å². The highest BCUT2D eigenvalue weighted by molar-refractivity contribution is 6.30. The first kappa shape index (κ1) is 18.7. The second kappa shape index (κ2) is 6.89. The average Bonchev–Trinajstić information content (AvgIpc) is 3.33. The fourth-order valence-electron chi connectivity index (χ4n) is 4.00. The van der Waals surface area contributed by atoms with Crippen molar-refractivity contribution in [2.75, 3.05) is 0 Å². The minimum atomic E-state index is -0.586. The van der Waals surface area contributed by atoms with Crippen LogP contribution in [-0.4, -0.2) is 10.8 Å². The van der Waals surface area contributed by atoms with Crippen LogP contribution in [-0.2, 0) is 6.54 Å². The van der Waals surface area contributed by atoms with Crippen molar-refractivity contribution in [2.24, 2.45) is 0 Å². The number of hydrogen-bond acceptors (Lipinski definition) is 4. The van der Waals surface area contributed by atoms with E-state index in [1.54, 1.807) is 35.4 Å². The summed E-state index contributed by atoms with van der Waals surface area (Å²) in [7, 11) is 0. The van der Waals surface area contributed by atoms with Gasteiger partial charge in [0.05, 0.1) is 29.8 Å². The Kier molecular flexibility index (Phi) is 4.29. The van der Waals surface area contributed by atoms with Crippen LogP contribution in [0, 0.1) is 13.8 Å². The molecule has 30 heavy (non-hydrogen) atoms. The Balaban J connectivity index is 1.76. The summed E-state index contributed by atoms with van der Waals surface area (Å²) >= 11 is 6.06. The molecule has 1 aliphatic rings. The Bertz CT molecular complexity index is 1340. The minimum Gasteiger partial charge on any atom is -0.467 e. The summed E-state index contributed by atoms with van der Waals surface area (Å²) in [5.41, 5.74) is 3.36. The molecule has 4 aromatic rings. The summed E-state index contributed by atoms with van der Waals surface area (Å²) in [6.07, 6.45) is 1.56. The lowest BCUT2D eigenvalue weighted by Crippen LogP contribution is -2.29. The number of rotatable bonds is 3. The zero-order valence-corrected chi connectivity index (χ0v) is 17.2. The van der Waals surface area contributed by atoms with E-state index in [-0.39, 0.29) is 23.6 Å². The number of halogens is 1. The molecule has 6 heteroatoms. The zero-order chi connectivity index (χ0) is 21.0. The van der Waals surface area contributed by atoms with Crippen molar-refractivity contribution < 1.29 is 13.6 Å². The van der Waals surface area contributed by atoms with Gasteiger partial charge in [-0.25, -0.2) is 0 Å². The Labute approximate surface area is 177 Å². The van der Waals surface area contributed by atoms with Crippen LogP contribution in [0.5, 0.6) is 0 Å². The number of fused-ring (bicyclic) bond motifs is 2. The first-order chi connectivity index (χ1) is 14.4. The molecule has 0 N–H and O–H groups in total. The molecule has 5 nitrogen and oxygen atoms in total. The molecule has 1 unspecified atom stereocenters. The van der Waals surface area contributed by atoms with Gasteiger partial charge in [-0.15, -0.1) is 0 Å². The summed E-state index contributed by atoms with van der Waals surface area (Å²) < 4.78 is 11.5. The van der Waals surface area contributed by atoms with E-state index in [1.807, 2.05) is 38.1 Å². The van der Waals surface area contributed by atoms with E-state index in [9.17, 15) is 9.59 Å². The molecule has 1 amide bonds. The maximum Gasteiger partial charge on any atom is 0.291 e. The normalized spacial score (nSPS) is 15.8. The molecular weight excluding hydrogens is 402 g/mol. The second-order valence-corrected chi connectivity index (χ2v) is 8.01. The summed E-state index contributed by atoms with van der Waals surface area (Å²) in [4.78, 5) is 28.5. The molecule has 0 fully saturated rings. The summed E-state index contributed by atoms with van der Waals surface area (Å²) in [5, 5.41) is 1.06. The number of amides is 1. The summed E-state index contributed by atoms with van der Waals surface area (Å²) in [6, 6.07) is 13.8. The zero-order valence-electron chi connectivity index (χ0n) is 16.4. The molecule has 0 aliphatic carbocycles. The van der Waals surface area contributed by atoms with Gasteiger partial charge in [-0.05, 0) is 66.9 Å². The summed E-state index contributed by atoms with van der Waals surface area (Å²) in [5.74, 6) is 0.375. The first-order valence-corrected chi connectivity index (χ1v) is 9.98. The molecule has 2 aromatic heterocycles. The number of nitrogens with zero attached hydrogens (tertiary/aromatic N) is 1. The average molecular weight is 420 g/mol. The van der Waals surface area contributed by atoms with Gasteiger partial charge in [0.1, 0.15) is 11.3 Å². The van der Waals surface area contributed by atoms with E-state index in [4.69, 9.17) is 20.4 Å². The van der Waals surface area contributed by atoms with Crippen molar-refractivity contribution in [2.45, 2.75) is 26.4 Å². The van der Waals surface area contributed by atoms with Crippen LogP contribution >= 0.6 is 11.6 Å². The van der Waals surface area contributed by atoms with Crippen molar-refractivity contribution >= 4 is 28.5 Å². The highest BCUT2D eigenvalue weighted by Crippen LogP contribution is 2.39. The predicted octanol–water partition coefficient (Wildman–Crippen LogP) is 5.40. The van der Waals surface area contributed by atoms with E-state index >= 15 is 0 Å².